The molecule has 0 aliphatic carbocycles. The zero-order valence-electron chi connectivity index (χ0n) is 9.35. The molecule has 0 amide bonds. The largest absolute Gasteiger partial charge is 0.330 e. The quantitative estimate of drug-likeness (QED) is 0.593. The lowest BCUT2D eigenvalue weighted by Gasteiger charge is -2.05. The number of para-hydroxylation sites is 1. The molecule has 1 aromatic carbocycles. The standard InChI is InChI=1S/C11H10FN3O2/c1-7-6-8(2)14(13-7)10-5-3-4-9(12)11(10)15(16)17/h3-6H,1-2H3. The molecule has 0 spiro atoms. The summed E-state index contributed by atoms with van der Waals surface area (Å²) in [7, 11) is 0. The Bertz CT molecular complexity index is 592. The molecule has 0 aliphatic heterocycles. The van der Waals surface area contributed by atoms with Gasteiger partial charge in [-0.15, -0.1) is 0 Å². The summed E-state index contributed by atoms with van der Waals surface area (Å²) in [6.45, 7) is 3.53. The Kier molecular flexibility index (Phi) is 2.63. The van der Waals surface area contributed by atoms with Crippen LogP contribution in [0.4, 0.5) is 10.1 Å². The predicted molar refractivity (Wildman–Crippen MR) is 59.7 cm³/mol. The van der Waals surface area contributed by atoms with Gasteiger partial charge in [0, 0.05) is 5.69 Å². The van der Waals surface area contributed by atoms with Crippen LogP contribution in [-0.4, -0.2) is 14.7 Å². The van der Waals surface area contributed by atoms with E-state index in [2.05, 4.69) is 5.10 Å². The molecule has 0 aliphatic rings. The summed E-state index contributed by atoms with van der Waals surface area (Å²) < 4.78 is 14.8. The number of hydrogen-bond donors (Lipinski definition) is 0. The maximum atomic E-state index is 13.4. The van der Waals surface area contributed by atoms with E-state index in [9.17, 15) is 14.5 Å². The van der Waals surface area contributed by atoms with Gasteiger partial charge in [-0.2, -0.15) is 9.49 Å². The summed E-state index contributed by atoms with van der Waals surface area (Å²) in [5, 5.41) is 15.0. The van der Waals surface area contributed by atoms with Gasteiger partial charge in [-0.05, 0) is 32.0 Å². The van der Waals surface area contributed by atoms with Crippen LogP contribution in [0.5, 0.6) is 0 Å². The highest BCUT2D eigenvalue weighted by atomic mass is 19.1. The normalized spacial score (nSPS) is 10.5. The molecule has 6 heteroatoms. The van der Waals surface area contributed by atoms with E-state index in [1.807, 2.05) is 0 Å². The lowest BCUT2D eigenvalue weighted by molar-refractivity contribution is -0.387. The van der Waals surface area contributed by atoms with Crippen molar-refractivity contribution >= 4 is 5.69 Å². The Morgan fingerprint density at radius 3 is 2.65 bits per heavy atom. The number of benzene rings is 1. The number of aromatic nitrogens is 2. The van der Waals surface area contributed by atoms with Crippen LogP contribution in [0.1, 0.15) is 11.4 Å². The molecular formula is C11H10FN3O2. The first-order valence-electron chi connectivity index (χ1n) is 4.97. The average molecular weight is 235 g/mol. The van der Waals surface area contributed by atoms with E-state index in [1.165, 1.54) is 16.8 Å². The molecule has 17 heavy (non-hydrogen) atoms. The number of nitro benzene ring substituents is 1. The van der Waals surface area contributed by atoms with Gasteiger partial charge in [0.15, 0.2) is 0 Å². The number of halogens is 1. The Hall–Kier alpha value is -2.24. The van der Waals surface area contributed by atoms with E-state index < -0.39 is 16.4 Å². The molecule has 0 unspecified atom stereocenters. The highest BCUT2D eigenvalue weighted by Crippen LogP contribution is 2.26. The third kappa shape index (κ3) is 1.89. The van der Waals surface area contributed by atoms with E-state index in [0.29, 0.717) is 0 Å². The molecule has 0 radical (unpaired) electrons. The van der Waals surface area contributed by atoms with Gasteiger partial charge in [-0.1, -0.05) is 6.07 Å². The first kappa shape index (κ1) is 11.3. The average Bonchev–Trinajstić information content (AvgIpc) is 2.56. The van der Waals surface area contributed by atoms with Gasteiger partial charge in [0.05, 0.1) is 10.6 Å². The van der Waals surface area contributed by atoms with Crippen LogP contribution in [0.15, 0.2) is 24.3 Å². The molecule has 0 atom stereocenters. The van der Waals surface area contributed by atoms with E-state index in [4.69, 9.17) is 0 Å². The summed E-state index contributed by atoms with van der Waals surface area (Å²) in [5.41, 5.74) is 1.02. The van der Waals surface area contributed by atoms with Crippen molar-refractivity contribution in [1.82, 2.24) is 9.78 Å². The Morgan fingerprint density at radius 1 is 1.41 bits per heavy atom. The van der Waals surface area contributed by atoms with Crippen LogP contribution in [0.25, 0.3) is 5.69 Å². The summed E-state index contributed by atoms with van der Waals surface area (Å²) in [5.74, 6) is -0.861. The van der Waals surface area contributed by atoms with Crippen LogP contribution >= 0.6 is 0 Å². The van der Waals surface area contributed by atoms with Gasteiger partial charge in [-0.3, -0.25) is 10.1 Å². The van der Waals surface area contributed by atoms with Crippen molar-refractivity contribution in [2.24, 2.45) is 0 Å². The zero-order chi connectivity index (χ0) is 12.6. The van der Waals surface area contributed by atoms with Crippen LogP contribution in [-0.2, 0) is 0 Å². The third-order valence-electron chi connectivity index (χ3n) is 2.39. The van der Waals surface area contributed by atoms with Gasteiger partial charge >= 0.3 is 5.69 Å². The molecular weight excluding hydrogens is 225 g/mol. The second kappa shape index (κ2) is 3.97. The number of aryl methyl sites for hydroxylation is 2. The minimum absolute atomic E-state index is 0.139. The molecule has 5 nitrogen and oxygen atoms in total. The minimum Gasteiger partial charge on any atom is -0.258 e. The van der Waals surface area contributed by atoms with Gasteiger partial charge in [-0.25, -0.2) is 4.68 Å². The molecule has 0 saturated heterocycles. The zero-order valence-corrected chi connectivity index (χ0v) is 9.35. The SMILES string of the molecule is Cc1cc(C)n(-c2cccc(F)c2[N+](=O)[O-])n1. The van der Waals surface area contributed by atoms with Gasteiger partial charge < -0.3 is 0 Å². The molecule has 2 aromatic rings. The summed E-state index contributed by atoms with van der Waals surface area (Å²) in [6, 6.07) is 5.73. The second-order valence-electron chi connectivity index (χ2n) is 3.70. The van der Waals surface area contributed by atoms with Crippen molar-refractivity contribution in [3.05, 3.63) is 51.6 Å². The van der Waals surface area contributed by atoms with E-state index >= 15 is 0 Å². The van der Waals surface area contributed by atoms with Crippen molar-refractivity contribution in [1.29, 1.82) is 0 Å². The van der Waals surface area contributed by atoms with E-state index in [-0.39, 0.29) is 5.69 Å². The third-order valence-corrected chi connectivity index (χ3v) is 2.39. The van der Waals surface area contributed by atoms with Gasteiger partial charge in [0.2, 0.25) is 5.82 Å². The topological polar surface area (TPSA) is 61.0 Å². The fraction of sp³-hybridized carbons (Fsp3) is 0.182. The fourth-order valence-corrected chi connectivity index (χ4v) is 1.73. The number of nitrogens with zero attached hydrogens (tertiary/aromatic N) is 3. The Balaban J connectivity index is 2.71. The maximum Gasteiger partial charge on any atom is 0.330 e. The fourth-order valence-electron chi connectivity index (χ4n) is 1.73. The number of rotatable bonds is 2. The van der Waals surface area contributed by atoms with Crippen molar-refractivity contribution in [2.75, 3.05) is 0 Å². The highest BCUT2D eigenvalue weighted by molar-refractivity contribution is 5.53. The molecule has 88 valence electrons. The van der Waals surface area contributed by atoms with E-state index in [0.717, 1.165) is 17.5 Å². The van der Waals surface area contributed by atoms with E-state index in [1.54, 1.807) is 19.9 Å². The lowest BCUT2D eigenvalue weighted by atomic mass is 10.2. The first-order valence-corrected chi connectivity index (χ1v) is 4.97. The minimum atomic E-state index is -0.861. The summed E-state index contributed by atoms with van der Waals surface area (Å²) in [6.07, 6.45) is 0. The highest BCUT2D eigenvalue weighted by Gasteiger charge is 2.22. The Morgan fingerprint density at radius 2 is 2.12 bits per heavy atom. The van der Waals surface area contributed by atoms with Gasteiger partial charge in [0.1, 0.15) is 5.69 Å². The molecule has 0 fully saturated rings. The summed E-state index contributed by atoms with van der Waals surface area (Å²) >= 11 is 0. The smallest absolute Gasteiger partial charge is 0.258 e. The van der Waals surface area contributed by atoms with Crippen LogP contribution in [0.2, 0.25) is 0 Å². The molecule has 2 rings (SSSR count). The number of nitro groups is 1. The molecule has 0 bridgehead atoms. The van der Waals surface area contributed by atoms with Crippen molar-refractivity contribution in [2.45, 2.75) is 13.8 Å². The molecule has 0 saturated carbocycles. The van der Waals surface area contributed by atoms with Crippen LogP contribution in [0.3, 0.4) is 0 Å². The predicted octanol–water partition coefficient (Wildman–Crippen LogP) is 2.54. The second-order valence-corrected chi connectivity index (χ2v) is 3.70. The monoisotopic (exact) mass is 235 g/mol. The van der Waals surface area contributed by atoms with Crippen LogP contribution in [0, 0.1) is 29.8 Å². The van der Waals surface area contributed by atoms with Crippen LogP contribution < -0.4 is 0 Å². The van der Waals surface area contributed by atoms with Crippen molar-refractivity contribution in [3.63, 3.8) is 0 Å². The maximum absolute atomic E-state index is 13.4. The lowest BCUT2D eigenvalue weighted by Crippen LogP contribution is -2.05. The summed E-state index contributed by atoms with van der Waals surface area (Å²) in [4.78, 5) is 10.1. The van der Waals surface area contributed by atoms with Crippen molar-refractivity contribution < 1.29 is 9.31 Å². The van der Waals surface area contributed by atoms with Gasteiger partial charge in [0.25, 0.3) is 0 Å². The number of hydrogen-bond acceptors (Lipinski definition) is 3. The molecule has 1 aromatic heterocycles. The Labute approximate surface area is 96.6 Å². The molecule has 0 N–H and O–H groups in total. The molecule has 1 heterocycles. The van der Waals surface area contributed by atoms with Crippen molar-refractivity contribution in [3.8, 4) is 5.69 Å². The first-order chi connectivity index (χ1) is 8.00.